The van der Waals surface area contributed by atoms with Gasteiger partial charge in [0, 0.05) is 12.3 Å². The molecule has 0 aromatic carbocycles. The minimum absolute atomic E-state index is 0.272. The maximum absolute atomic E-state index is 11.6. The van der Waals surface area contributed by atoms with Crippen molar-refractivity contribution in [3.05, 3.63) is 33.1 Å². The first kappa shape index (κ1) is 11.6. The van der Waals surface area contributed by atoms with Crippen LogP contribution in [0.4, 0.5) is 0 Å². The van der Waals surface area contributed by atoms with E-state index in [1.165, 1.54) is 6.20 Å². The molecule has 8 nitrogen and oxygen atoms in total. The second-order valence-electron chi connectivity index (χ2n) is 4.40. The van der Waals surface area contributed by atoms with Crippen molar-refractivity contribution in [2.45, 2.75) is 24.0 Å². The van der Waals surface area contributed by atoms with Crippen LogP contribution in [0.5, 0.6) is 0 Å². The van der Waals surface area contributed by atoms with Crippen LogP contribution in [-0.4, -0.2) is 50.8 Å². The van der Waals surface area contributed by atoms with Gasteiger partial charge in [0.1, 0.15) is 17.8 Å². The number of aromatic amines is 1. The largest absolute Gasteiger partial charge is 0.394 e. The predicted molar refractivity (Wildman–Crippen MR) is 57.0 cm³/mol. The molecule has 1 unspecified atom stereocenters. The Morgan fingerprint density at radius 2 is 2.28 bits per heavy atom. The van der Waals surface area contributed by atoms with E-state index in [9.17, 15) is 19.8 Å². The number of ether oxygens (including phenoxy) is 2. The van der Waals surface area contributed by atoms with Crippen molar-refractivity contribution in [1.29, 1.82) is 0 Å². The molecular weight excluding hydrogens is 244 g/mol. The van der Waals surface area contributed by atoms with Gasteiger partial charge in [-0.1, -0.05) is 0 Å². The van der Waals surface area contributed by atoms with Crippen molar-refractivity contribution in [3.63, 3.8) is 0 Å². The van der Waals surface area contributed by atoms with Gasteiger partial charge in [0.05, 0.1) is 13.2 Å². The van der Waals surface area contributed by atoms with Crippen molar-refractivity contribution >= 4 is 0 Å². The van der Waals surface area contributed by atoms with E-state index in [-0.39, 0.29) is 13.2 Å². The average Bonchev–Trinajstić information content (AvgIpc) is 3.07. The zero-order valence-electron chi connectivity index (χ0n) is 9.28. The lowest BCUT2D eigenvalue weighted by Crippen LogP contribution is -2.39. The van der Waals surface area contributed by atoms with Crippen LogP contribution in [0.2, 0.25) is 0 Å². The second-order valence-corrected chi connectivity index (χ2v) is 4.40. The van der Waals surface area contributed by atoms with E-state index in [1.54, 1.807) is 0 Å². The van der Waals surface area contributed by atoms with Gasteiger partial charge in [-0.3, -0.25) is 14.3 Å². The Balaban J connectivity index is 1.98. The number of rotatable bonds is 2. The van der Waals surface area contributed by atoms with Gasteiger partial charge in [0.25, 0.3) is 5.56 Å². The van der Waals surface area contributed by atoms with Crippen LogP contribution in [-0.2, 0) is 9.47 Å². The van der Waals surface area contributed by atoms with Gasteiger partial charge in [-0.15, -0.1) is 0 Å². The van der Waals surface area contributed by atoms with Crippen molar-refractivity contribution in [2.24, 2.45) is 0 Å². The van der Waals surface area contributed by atoms with Gasteiger partial charge >= 0.3 is 5.69 Å². The van der Waals surface area contributed by atoms with E-state index in [2.05, 4.69) is 4.98 Å². The third-order valence-corrected chi connectivity index (χ3v) is 3.39. The molecule has 2 aliphatic rings. The lowest BCUT2D eigenvalue weighted by molar-refractivity contribution is -0.0538. The molecule has 3 heterocycles. The maximum Gasteiger partial charge on any atom is 0.330 e. The van der Waals surface area contributed by atoms with E-state index in [0.717, 1.165) is 10.6 Å². The highest BCUT2D eigenvalue weighted by atomic mass is 16.7. The predicted octanol–water partition coefficient (Wildman–Crippen LogP) is -2.44. The molecule has 1 aromatic rings. The second kappa shape index (κ2) is 3.75. The van der Waals surface area contributed by atoms with E-state index < -0.39 is 35.3 Å². The first-order chi connectivity index (χ1) is 8.58. The molecule has 4 atom stereocenters. The number of hydrogen-bond acceptors (Lipinski definition) is 6. The lowest BCUT2D eigenvalue weighted by atomic mass is 9.99. The van der Waals surface area contributed by atoms with Crippen LogP contribution in [0.3, 0.4) is 0 Å². The molecule has 98 valence electrons. The summed E-state index contributed by atoms with van der Waals surface area (Å²) in [5, 5.41) is 19.3. The van der Waals surface area contributed by atoms with E-state index in [1.807, 2.05) is 0 Å². The lowest BCUT2D eigenvalue weighted by Gasteiger charge is -2.16. The van der Waals surface area contributed by atoms with E-state index >= 15 is 0 Å². The van der Waals surface area contributed by atoms with Crippen LogP contribution in [0.15, 0.2) is 21.9 Å². The third kappa shape index (κ3) is 1.47. The van der Waals surface area contributed by atoms with Gasteiger partial charge in [-0.25, -0.2) is 4.79 Å². The van der Waals surface area contributed by atoms with Crippen molar-refractivity contribution in [3.8, 4) is 0 Å². The van der Waals surface area contributed by atoms with Crippen LogP contribution in [0, 0.1) is 0 Å². The smallest absolute Gasteiger partial charge is 0.330 e. The molecule has 2 fully saturated rings. The molecule has 0 bridgehead atoms. The molecule has 3 rings (SSSR count). The number of nitrogens with zero attached hydrogens (tertiary/aromatic N) is 1. The molecule has 2 saturated heterocycles. The molecule has 0 aliphatic carbocycles. The average molecular weight is 256 g/mol. The zero-order chi connectivity index (χ0) is 12.9. The highest BCUT2D eigenvalue weighted by Crippen LogP contribution is 2.47. The van der Waals surface area contributed by atoms with Crippen molar-refractivity contribution < 1.29 is 19.7 Å². The van der Waals surface area contributed by atoms with Gasteiger partial charge < -0.3 is 19.7 Å². The highest BCUT2D eigenvalue weighted by Gasteiger charge is 2.66. The molecule has 18 heavy (non-hydrogen) atoms. The molecule has 2 aliphatic heterocycles. The number of nitrogens with one attached hydrogen (secondary N) is 1. The summed E-state index contributed by atoms with van der Waals surface area (Å²) in [5.74, 6) is 0. The Morgan fingerprint density at radius 3 is 2.78 bits per heavy atom. The van der Waals surface area contributed by atoms with Crippen LogP contribution >= 0.6 is 0 Å². The van der Waals surface area contributed by atoms with Gasteiger partial charge in [0.2, 0.25) is 0 Å². The number of aliphatic hydroxyl groups excluding tert-OH is 2. The molecule has 3 N–H and O–H groups in total. The summed E-state index contributed by atoms with van der Waals surface area (Å²) in [5.41, 5.74) is -2.14. The number of aromatic nitrogens is 2. The Kier molecular flexibility index (Phi) is 2.42. The first-order valence-electron chi connectivity index (χ1n) is 5.48. The molecule has 0 saturated carbocycles. The summed E-state index contributed by atoms with van der Waals surface area (Å²) in [6.45, 7) is -0.0420. The summed E-state index contributed by atoms with van der Waals surface area (Å²) < 4.78 is 11.7. The van der Waals surface area contributed by atoms with E-state index in [4.69, 9.17) is 9.47 Å². The minimum atomic E-state index is -1.07. The van der Waals surface area contributed by atoms with Crippen molar-refractivity contribution in [2.75, 3.05) is 13.2 Å². The normalized spacial score (nSPS) is 38.2. The van der Waals surface area contributed by atoms with Gasteiger partial charge in [-0.05, 0) is 0 Å². The van der Waals surface area contributed by atoms with Crippen molar-refractivity contribution in [1.82, 2.24) is 9.55 Å². The van der Waals surface area contributed by atoms with Crippen LogP contribution in [0.25, 0.3) is 0 Å². The van der Waals surface area contributed by atoms with Gasteiger partial charge in [0.15, 0.2) is 6.23 Å². The summed E-state index contributed by atoms with van der Waals surface area (Å²) in [6.07, 6.45) is -1.49. The number of aliphatic hydroxyl groups is 2. The Labute approximate surface area is 100 Å². The first-order valence-corrected chi connectivity index (χ1v) is 5.48. The molecule has 0 amide bonds. The Hall–Kier alpha value is -1.48. The molecular formula is C10H12N2O6. The Morgan fingerprint density at radius 1 is 1.56 bits per heavy atom. The monoisotopic (exact) mass is 256 g/mol. The fraction of sp³-hybridized carbons (Fsp3) is 0.600. The fourth-order valence-electron chi connectivity index (χ4n) is 2.27. The van der Waals surface area contributed by atoms with E-state index in [0.29, 0.717) is 0 Å². The number of epoxide rings is 1. The fourth-order valence-corrected chi connectivity index (χ4v) is 2.27. The summed E-state index contributed by atoms with van der Waals surface area (Å²) in [6, 6.07) is 1.16. The third-order valence-electron chi connectivity index (χ3n) is 3.39. The molecule has 1 aromatic heterocycles. The highest BCUT2D eigenvalue weighted by molar-refractivity contribution is 5.11. The molecule has 1 spiro atoms. The standard InChI is InChI=1S/C10H12N2O6/c13-3-5-10(4-17-10)7(15)8(18-5)12-2-1-6(14)11-9(12)16/h1-2,5,7-8,13,15H,3-4H2,(H,11,14,16)/t5-,7+,8-,10?/m1/s1. The van der Waals surface area contributed by atoms with Crippen LogP contribution in [0.1, 0.15) is 6.23 Å². The summed E-state index contributed by atoms with van der Waals surface area (Å²) >= 11 is 0. The van der Waals surface area contributed by atoms with Crippen LogP contribution < -0.4 is 11.2 Å². The topological polar surface area (TPSA) is 117 Å². The maximum atomic E-state index is 11.6. The Bertz CT molecular complexity index is 574. The SMILES string of the molecule is O=c1ccn([C@@H]2O[C@H](CO)C3(CO3)[C@H]2O)c(=O)[nH]1. The number of H-pyrrole nitrogens is 1. The minimum Gasteiger partial charge on any atom is -0.394 e. The summed E-state index contributed by atoms with van der Waals surface area (Å²) in [4.78, 5) is 24.6. The zero-order valence-corrected chi connectivity index (χ0v) is 9.28. The molecule has 0 radical (unpaired) electrons. The summed E-state index contributed by atoms with van der Waals surface area (Å²) in [7, 11) is 0. The van der Waals surface area contributed by atoms with Gasteiger partial charge in [-0.2, -0.15) is 0 Å². The quantitative estimate of drug-likeness (QED) is 0.506. The molecule has 8 heteroatoms. The number of hydrogen-bond donors (Lipinski definition) is 3.